The zero-order valence-corrected chi connectivity index (χ0v) is 12.1. The smallest absolute Gasteiger partial charge is 0.231 e. The number of aryl methyl sites for hydroxylation is 1. The normalized spacial score (nSPS) is 12.3. The predicted octanol–water partition coefficient (Wildman–Crippen LogP) is 2.42. The van der Waals surface area contributed by atoms with Gasteiger partial charge in [0, 0.05) is 26.1 Å². The lowest BCUT2D eigenvalue weighted by molar-refractivity contribution is 0.174. The van der Waals surface area contributed by atoms with E-state index in [4.69, 9.17) is 9.47 Å². The van der Waals surface area contributed by atoms with Crippen LogP contribution in [0.4, 0.5) is 11.6 Å². The molecular formula is C15H18N4O2. The molecule has 0 spiro atoms. The highest BCUT2D eigenvalue weighted by atomic mass is 16.7. The molecule has 6 nitrogen and oxygen atoms in total. The molecule has 0 atom stereocenters. The van der Waals surface area contributed by atoms with E-state index in [1.807, 2.05) is 38.2 Å². The quantitative estimate of drug-likeness (QED) is 0.880. The summed E-state index contributed by atoms with van der Waals surface area (Å²) >= 11 is 0. The average molecular weight is 286 g/mol. The van der Waals surface area contributed by atoms with E-state index in [2.05, 4.69) is 20.6 Å². The molecule has 0 radical (unpaired) electrons. The van der Waals surface area contributed by atoms with Gasteiger partial charge in [0.2, 0.25) is 6.79 Å². The number of anilines is 2. The average Bonchev–Trinajstić information content (AvgIpc) is 3.00. The third-order valence-electron chi connectivity index (χ3n) is 3.26. The molecule has 0 unspecified atom stereocenters. The Kier molecular flexibility index (Phi) is 3.77. The largest absolute Gasteiger partial charge is 0.454 e. The van der Waals surface area contributed by atoms with Crippen LogP contribution in [-0.4, -0.2) is 23.8 Å². The molecule has 0 saturated carbocycles. The number of hydrogen-bond acceptors (Lipinski definition) is 6. The molecule has 0 fully saturated rings. The fraction of sp³-hybridized carbons (Fsp3) is 0.333. The Morgan fingerprint density at radius 3 is 2.71 bits per heavy atom. The Hall–Kier alpha value is -2.50. The minimum Gasteiger partial charge on any atom is -0.454 e. The van der Waals surface area contributed by atoms with E-state index in [9.17, 15) is 0 Å². The van der Waals surface area contributed by atoms with Gasteiger partial charge >= 0.3 is 0 Å². The van der Waals surface area contributed by atoms with E-state index in [0.717, 1.165) is 40.9 Å². The van der Waals surface area contributed by atoms with Gasteiger partial charge in [-0.2, -0.15) is 0 Å². The van der Waals surface area contributed by atoms with E-state index in [-0.39, 0.29) is 0 Å². The maximum absolute atomic E-state index is 5.38. The number of nitrogens with zero attached hydrogens (tertiary/aromatic N) is 2. The van der Waals surface area contributed by atoms with Gasteiger partial charge in [-0.25, -0.2) is 9.97 Å². The van der Waals surface area contributed by atoms with Gasteiger partial charge < -0.3 is 20.1 Å². The van der Waals surface area contributed by atoms with Gasteiger partial charge in [-0.1, -0.05) is 13.0 Å². The molecule has 1 aliphatic rings. The molecule has 6 heteroatoms. The predicted molar refractivity (Wildman–Crippen MR) is 80.8 cm³/mol. The molecule has 3 rings (SSSR count). The van der Waals surface area contributed by atoms with Crippen LogP contribution in [-0.2, 0) is 13.0 Å². The van der Waals surface area contributed by atoms with E-state index in [1.165, 1.54) is 0 Å². The van der Waals surface area contributed by atoms with Crippen molar-refractivity contribution in [2.75, 3.05) is 24.5 Å². The summed E-state index contributed by atoms with van der Waals surface area (Å²) in [5.74, 6) is 4.03. The van der Waals surface area contributed by atoms with Gasteiger partial charge in [-0.15, -0.1) is 0 Å². The molecule has 1 aromatic carbocycles. The molecule has 21 heavy (non-hydrogen) atoms. The van der Waals surface area contributed by atoms with Crippen LogP contribution in [0.2, 0.25) is 0 Å². The summed E-state index contributed by atoms with van der Waals surface area (Å²) in [6.45, 7) is 3.00. The fourth-order valence-electron chi connectivity index (χ4n) is 2.12. The highest BCUT2D eigenvalue weighted by Crippen LogP contribution is 2.32. The van der Waals surface area contributed by atoms with Crippen LogP contribution < -0.4 is 20.1 Å². The first-order valence-corrected chi connectivity index (χ1v) is 6.96. The molecule has 0 aliphatic carbocycles. The molecule has 0 bridgehead atoms. The summed E-state index contributed by atoms with van der Waals surface area (Å²) < 4.78 is 10.7. The second-order valence-electron chi connectivity index (χ2n) is 4.70. The Balaban J connectivity index is 1.72. The second kappa shape index (κ2) is 5.87. The van der Waals surface area contributed by atoms with Crippen molar-refractivity contribution in [3.8, 4) is 11.5 Å². The van der Waals surface area contributed by atoms with Crippen molar-refractivity contribution in [1.29, 1.82) is 0 Å². The van der Waals surface area contributed by atoms with Crippen molar-refractivity contribution in [2.24, 2.45) is 0 Å². The fourth-order valence-corrected chi connectivity index (χ4v) is 2.12. The van der Waals surface area contributed by atoms with Crippen molar-refractivity contribution in [2.45, 2.75) is 19.9 Å². The first-order valence-electron chi connectivity index (χ1n) is 6.96. The Bertz CT molecular complexity index is 623. The highest BCUT2D eigenvalue weighted by Gasteiger charge is 2.13. The molecule has 2 aromatic rings. The lowest BCUT2D eigenvalue weighted by atomic mass is 10.2. The van der Waals surface area contributed by atoms with E-state index in [1.54, 1.807) is 0 Å². The van der Waals surface area contributed by atoms with Gasteiger partial charge in [0.25, 0.3) is 0 Å². The summed E-state index contributed by atoms with van der Waals surface area (Å²) in [6, 6.07) is 7.82. The standard InChI is InChI=1S/C15H18N4O2/c1-3-13-18-14(16-2)7-15(19-13)17-8-10-4-5-11-12(6-10)21-9-20-11/h4-7H,3,8-9H2,1-2H3,(H2,16,17,18,19). The summed E-state index contributed by atoms with van der Waals surface area (Å²) in [7, 11) is 1.85. The summed E-state index contributed by atoms with van der Waals surface area (Å²) in [6.07, 6.45) is 0.800. The van der Waals surface area contributed by atoms with Crippen LogP contribution in [0.25, 0.3) is 0 Å². The third kappa shape index (κ3) is 2.99. The summed E-state index contributed by atoms with van der Waals surface area (Å²) in [5, 5.41) is 6.36. The topological polar surface area (TPSA) is 68.3 Å². The minimum atomic E-state index is 0.295. The number of benzene rings is 1. The number of nitrogens with one attached hydrogen (secondary N) is 2. The number of ether oxygens (including phenoxy) is 2. The van der Waals surface area contributed by atoms with Crippen molar-refractivity contribution in [3.63, 3.8) is 0 Å². The van der Waals surface area contributed by atoms with E-state index >= 15 is 0 Å². The molecule has 110 valence electrons. The Morgan fingerprint density at radius 2 is 1.90 bits per heavy atom. The van der Waals surface area contributed by atoms with Gasteiger partial charge in [-0.05, 0) is 17.7 Å². The third-order valence-corrected chi connectivity index (χ3v) is 3.26. The van der Waals surface area contributed by atoms with Crippen molar-refractivity contribution < 1.29 is 9.47 Å². The van der Waals surface area contributed by atoms with E-state index in [0.29, 0.717) is 13.3 Å². The van der Waals surface area contributed by atoms with Gasteiger partial charge in [0.05, 0.1) is 0 Å². The molecule has 2 N–H and O–H groups in total. The van der Waals surface area contributed by atoms with Crippen LogP contribution in [0.5, 0.6) is 11.5 Å². The lowest BCUT2D eigenvalue weighted by Crippen LogP contribution is -2.06. The van der Waals surface area contributed by atoms with Crippen LogP contribution in [0.1, 0.15) is 18.3 Å². The molecular weight excluding hydrogens is 268 g/mol. The lowest BCUT2D eigenvalue weighted by Gasteiger charge is -2.09. The first-order chi connectivity index (χ1) is 10.3. The Labute approximate surface area is 123 Å². The number of aromatic nitrogens is 2. The van der Waals surface area contributed by atoms with Gasteiger partial charge in [0.1, 0.15) is 17.5 Å². The number of hydrogen-bond donors (Lipinski definition) is 2. The van der Waals surface area contributed by atoms with Gasteiger partial charge in [0.15, 0.2) is 11.5 Å². The summed E-state index contributed by atoms with van der Waals surface area (Å²) in [4.78, 5) is 8.84. The monoisotopic (exact) mass is 286 g/mol. The van der Waals surface area contributed by atoms with Crippen LogP contribution in [0.3, 0.4) is 0 Å². The van der Waals surface area contributed by atoms with Gasteiger partial charge in [-0.3, -0.25) is 0 Å². The highest BCUT2D eigenvalue weighted by molar-refractivity contribution is 5.49. The SMILES string of the molecule is CCc1nc(NC)cc(NCc2ccc3c(c2)OCO3)n1. The number of rotatable bonds is 5. The van der Waals surface area contributed by atoms with Crippen molar-refractivity contribution >= 4 is 11.6 Å². The van der Waals surface area contributed by atoms with Crippen LogP contribution in [0.15, 0.2) is 24.3 Å². The maximum atomic E-state index is 5.38. The molecule has 1 aromatic heterocycles. The molecule has 1 aliphatic heterocycles. The van der Waals surface area contributed by atoms with Crippen LogP contribution >= 0.6 is 0 Å². The van der Waals surface area contributed by atoms with E-state index < -0.39 is 0 Å². The first kappa shape index (κ1) is 13.5. The molecule has 0 saturated heterocycles. The van der Waals surface area contributed by atoms with Crippen molar-refractivity contribution in [3.05, 3.63) is 35.7 Å². The maximum Gasteiger partial charge on any atom is 0.231 e. The minimum absolute atomic E-state index is 0.295. The Morgan fingerprint density at radius 1 is 1.10 bits per heavy atom. The summed E-state index contributed by atoms with van der Waals surface area (Å²) in [5.41, 5.74) is 1.11. The second-order valence-corrected chi connectivity index (χ2v) is 4.70. The number of fused-ring (bicyclic) bond motifs is 1. The zero-order valence-electron chi connectivity index (χ0n) is 12.1. The zero-order chi connectivity index (χ0) is 14.7. The molecule has 0 amide bonds. The van der Waals surface area contributed by atoms with Crippen molar-refractivity contribution in [1.82, 2.24) is 9.97 Å². The van der Waals surface area contributed by atoms with Crippen LogP contribution in [0, 0.1) is 0 Å². The molecule has 2 heterocycles.